The smallest absolute Gasteiger partial charge is 0.431 e. The highest BCUT2D eigenvalue weighted by Gasteiger charge is 2.57. The Kier molecular flexibility index (Phi) is 6.14. The van der Waals surface area contributed by atoms with Crippen LogP contribution in [0.3, 0.4) is 0 Å². The molecular formula is C23H25N5O6. The standard InChI is InChI=1S/C23H25N5O6/c1-12(2)14-5-4-13(3)8-16(14)33-22(31)32-9-17-19(29)20(30)23(10-24,34-17)18-7-6-15-21(25)26-11-27-28(15)18/h4-8,11-12,17,19-20,29-30H,9H2,1-3H3,(H2,25,26,27)/t17-,19-,20-,23+/m1/s1. The molecule has 11 heteroatoms. The number of nitriles is 1. The van der Waals surface area contributed by atoms with Crippen LogP contribution in [0.25, 0.3) is 5.52 Å². The fourth-order valence-corrected chi connectivity index (χ4v) is 4.03. The topological polar surface area (TPSA) is 165 Å². The second kappa shape index (κ2) is 8.90. The van der Waals surface area contributed by atoms with Gasteiger partial charge in [0.2, 0.25) is 5.60 Å². The predicted molar refractivity (Wildman–Crippen MR) is 119 cm³/mol. The first-order chi connectivity index (χ1) is 16.2. The molecule has 3 heterocycles. The summed E-state index contributed by atoms with van der Waals surface area (Å²) < 4.78 is 17.6. The molecule has 178 valence electrons. The Morgan fingerprint density at radius 1 is 1.35 bits per heavy atom. The van der Waals surface area contributed by atoms with Crippen molar-refractivity contribution in [3.8, 4) is 11.8 Å². The molecule has 11 nitrogen and oxygen atoms in total. The van der Waals surface area contributed by atoms with Crippen molar-refractivity contribution >= 4 is 17.5 Å². The number of aryl methyl sites for hydroxylation is 1. The van der Waals surface area contributed by atoms with Gasteiger partial charge >= 0.3 is 6.16 Å². The lowest BCUT2D eigenvalue weighted by atomic mass is 9.92. The summed E-state index contributed by atoms with van der Waals surface area (Å²) in [5.74, 6) is 0.655. The SMILES string of the molecule is Cc1ccc(C(C)C)c(OC(=O)OC[C@H]2O[C@@](C#N)(c3ccc4c(N)ncnn34)[C@H](O)[C@@H]2O)c1. The zero-order chi connectivity index (χ0) is 24.6. The number of aliphatic hydroxyl groups is 2. The van der Waals surface area contributed by atoms with Gasteiger partial charge in [0.15, 0.2) is 5.82 Å². The van der Waals surface area contributed by atoms with Gasteiger partial charge in [0.1, 0.15) is 48.6 Å². The second-order valence-corrected chi connectivity index (χ2v) is 8.46. The molecule has 1 aromatic carbocycles. The van der Waals surface area contributed by atoms with Crippen LogP contribution in [0.5, 0.6) is 5.75 Å². The molecule has 1 fully saturated rings. The van der Waals surface area contributed by atoms with E-state index in [1.165, 1.54) is 16.9 Å². The van der Waals surface area contributed by atoms with E-state index in [1.54, 1.807) is 12.1 Å². The van der Waals surface area contributed by atoms with E-state index in [-0.39, 0.29) is 17.4 Å². The Labute approximate surface area is 195 Å². The monoisotopic (exact) mass is 467 g/mol. The van der Waals surface area contributed by atoms with Crippen LogP contribution >= 0.6 is 0 Å². The van der Waals surface area contributed by atoms with Crippen molar-refractivity contribution in [1.82, 2.24) is 14.6 Å². The van der Waals surface area contributed by atoms with E-state index < -0.39 is 36.7 Å². The zero-order valence-electron chi connectivity index (χ0n) is 18.9. The van der Waals surface area contributed by atoms with Gasteiger partial charge in [-0.05, 0) is 42.2 Å². The van der Waals surface area contributed by atoms with Crippen LogP contribution in [0.15, 0.2) is 36.7 Å². The largest absolute Gasteiger partial charge is 0.513 e. The molecule has 2 aromatic heterocycles. The minimum absolute atomic E-state index is 0.115. The number of aromatic nitrogens is 3. The molecule has 4 rings (SSSR count). The van der Waals surface area contributed by atoms with Crippen LogP contribution < -0.4 is 10.5 Å². The van der Waals surface area contributed by atoms with E-state index in [9.17, 15) is 20.3 Å². The van der Waals surface area contributed by atoms with Gasteiger partial charge in [-0.25, -0.2) is 14.3 Å². The Bertz CT molecular complexity index is 1270. The highest BCUT2D eigenvalue weighted by atomic mass is 16.7. The van der Waals surface area contributed by atoms with Crippen LogP contribution in [-0.4, -0.2) is 55.9 Å². The summed E-state index contributed by atoms with van der Waals surface area (Å²) >= 11 is 0. The molecule has 0 aliphatic carbocycles. The van der Waals surface area contributed by atoms with Gasteiger partial charge in [-0.1, -0.05) is 26.0 Å². The number of anilines is 1. The normalized spacial score (nSPS) is 24.3. The average Bonchev–Trinajstić information content (AvgIpc) is 3.34. The Hall–Kier alpha value is -3.72. The maximum absolute atomic E-state index is 12.4. The minimum Gasteiger partial charge on any atom is -0.431 e. The van der Waals surface area contributed by atoms with Gasteiger partial charge in [0, 0.05) is 0 Å². The number of carbonyl (C=O) groups excluding carboxylic acids is 1. The highest BCUT2D eigenvalue weighted by Crippen LogP contribution is 2.40. The van der Waals surface area contributed by atoms with E-state index >= 15 is 0 Å². The number of nitrogens with zero attached hydrogens (tertiary/aromatic N) is 4. The van der Waals surface area contributed by atoms with E-state index in [1.807, 2.05) is 39.0 Å². The number of nitrogens with two attached hydrogens (primary N) is 1. The fourth-order valence-electron chi connectivity index (χ4n) is 4.03. The van der Waals surface area contributed by atoms with Crippen LogP contribution in [0.4, 0.5) is 10.6 Å². The molecule has 34 heavy (non-hydrogen) atoms. The van der Waals surface area contributed by atoms with E-state index in [4.69, 9.17) is 19.9 Å². The Balaban J connectivity index is 1.51. The number of aliphatic hydroxyl groups excluding tert-OH is 2. The van der Waals surface area contributed by atoms with Crippen molar-refractivity contribution in [2.75, 3.05) is 12.3 Å². The van der Waals surface area contributed by atoms with Crippen molar-refractivity contribution in [2.45, 2.75) is 50.6 Å². The number of benzene rings is 1. The van der Waals surface area contributed by atoms with Crippen LogP contribution in [-0.2, 0) is 15.1 Å². The van der Waals surface area contributed by atoms with Crippen LogP contribution in [0.2, 0.25) is 0 Å². The summed E-state index contributed by atoms with van der Waals surface area (Å²) in [4.78, 5) is 16.3. The molecule has 0 saturated carbocycles. The number of carbonyl (C=O) groups is 1. The zero-order valence-corrected chi connectivity index (χ0v) is 18.9. The van der Waals surface area contributed by atoms with Crippen molar-refractivity contribution in [3.05, 3.63) is 53.5 Å². The molecule has 0 bridgehead atoms. The average molecular weight is 467 g/mol. The van der Waals surface area contributed by atoms with Crippen molar-refractivity contribution in [3.63, 3.8) is 0 Å². The van der Waals surface area contributed by atoms with Crippen LogP contribution in [0.1, 0.15) is 36.6 Å². The van der Waals surface area contributed by atoms with Gasteiger partial charge in [-0.15, -0.1) is 0 Å². The predicted octanol–water partition coefficient (Wildman–Crippen LogP) is 1.80. The number of hydrogen-bond donors (Lipinski definition) is 3. The first-order valence-corrected chi connectivity index (χ1v) is 10.7. The van der Waals surface area contributed by atoms with Gasteiger partial charge in [-0.3, -0.25) is 0 Å². The van der Waals surface area contributed by atoms with Gasteiger partial charge in [0.25, 0.3) is 0 Å². The van der Waals surface area contributed by atoms with Crippen molar-refractivity contribution in [1.29, 1.82) is 5.26 Å². The molecule has 1 aliphatic heterocycles. The van der Waals surface area contributed by atoms with E-state index in [2.05, 4.69) is 10.1 Å². The third kappa shape index (κ3) is 3.92. The Morgan fingerprint density at radius 2 is 2.12 bits per heavy atom. The number of hydrogen-bond acceptors (Lipinski definition) is 10. The van der Waals surface area contributed by atoms with Crippen molar-refractivity contribution in [2.24, 2.45) is 0 Å². The lowest BCUT2D eigenvalue weighted by Gasteiger charge is -2.24. The maximum Gasteiger partial charge on any atom is 0.513 e. The third-order valence-corrected chi connectivity index (χ3v) is 5.84. The molecule has 1 aliphatic rings. The lowest BCUT2D eigenvalue weighted by Crippen LogP contribution is -2.41. The Morgan fingerprint density at radius 3 is 2.82 bits per heavy atom. The summed E-state index contributed by atoms with van der Waals surface area (Å²) in [6.07, 6.45) is -4.18. The molecule has 3 aromatic rings. The van der Waals surface area contributed by atoms with Crippen molar-refractivity contribution < 1.29 is 29.2 Å². The minimum atomic E-state index is -1.98. The van der Waals surface area contributed by atoms with E-state index in [0.717, 1.165) is 11.1 Å². The molecule has 0 radical (unpaired) electrons. The molecule has 0 unspecified atom stereocenters. The fraction of sp³-hybridized carbons (Fsp3) is 0.391. The number of nitrogen functional groups attached to an aromatic ring is 1. The quantitative estimate of drug-likeness (QED) is 0.372. The third-order valence-electron chi connectivity index (χ3n) is 5.84. The highest BCUT2D eigenvalue weighted by molar-refractivity contribution is 5.66. The molecule has 4 atom stereocenters. The molecule has 0 amide bonds. The summed E-state index contributed by atoms with van der Waals surface area (Å²) in [5.41, 5.74) is 6.16. The van der Waals surface area contributed by atoms with Gasteiger partial charge in [0.05, 0.1) is 5.69 Å². The number of ether oxygens (including phenoxy) is 3. The lowest BCUT2D eigenvalue weighted by molar-refractivity contribution is -0.0688. The van der Waals surface area contributed by atoms with Gasteiger partial charge in [-0.2, -0.15) is 10.4 Å². The second-order valence-electron chi connectivity index (χ2n) is 8.46. The number of fused-ring (bicyclic) bond motifs is 1. The summed E-state index contributed by atoms with van der Waals surface area (Å²) in [7, 11) is 0. The number of rotatable bonds is 5. The van der Waals surface area contributed by atoms with Gasteiger partial charge < -0.3 is 30.2 Å². The maximum atomic E-state index is 12.4. The first-order valence-electron chi connectivity index (χ1n) is 10.7. The summed E-state index contributed by atoms with van der Waals surface area (Å²) in [6, 6.07) is 10.5. The molecule has 0 spiro atoms. The van der Waals surface area contributed by atoms with Crippen LogP contribution in [0, 0.1) is 18.3 Å². The van der Waals surface area contributed by atoms with E-state index in [0.29, 0.717) is 11.3 Å². The first kappa shape index (κ1) is 23.4. The molecule has 1 saturated heterocycles. The molecular weight excluding hydrogens is 442 g/mol. The summed E-state index contributed by atoms with van der Waals surface area (Å²) in [6.45, 7) is 5.36. The molecule has 4 N–H and O–H groups in total. The summed E-state index contributed by atoms with van der Waals surface area (Å²) in [5, 5.41) is 35.3.